The van der Waals surface area contributed by atoms with Gasteiger partial charge in [-0.25, -0.2) is 4.98 Å². The normalized spacial score (nSPS) is 10.1. The van der Waals surface area contributed by atoms with Crippen molar-refractivity contribution in [3.05, 3.63) is 44.1 Å². The van der Waals surface area contributed by atoms with E-state index in [4.69, 9.17) is 4.74 Å². The molecule has 0 saturated carbocycles. The summed E-state index contributed by atoms with van der Waals surface area (Å²) in [7, 11) is 0. The Bertz CT molecular complexity index is 636. The molecule has 1 aromatic heterocycles. The molecule has 0 unspecified atom stereocenters. The second-order valence-electron chi connectivity index (χ2n) is 3.70. The number of nitrogens with zero attached hydrogens (tertiary/aromatic N) is 3. The van der Waals surface area contributed by atoms with E-state index in [0.717, 1.165) is 9.77 Å². The van der Waals surface area contributed by atoms with Crippen LogP contribution in [0.1, 0.15) is 6.92 Å². The molecule has 7 nitrogen and oxygen atoms in total. The van der Waals surface area contributed by atoms with Gasteiger partial charge >= 0.3 is 11.6 Å². The van der Waals surface area contributed by atoms with Gasteiger partial charge in [-0.1, -0.05) is 12.1 Å². The minimum absolute atomic E-state index is 0.0786. The van der Waals surface area contributed by atoms with E-state index in [2.05, 4.69) is 37.9 Å². The van der Waals surface area contributed by atoms with Gasteiger partial charge in [-0.05, 0) is 41.6 Å². The van der Waals surface area contributed by atoms with Gasteiger partial charge in [0.15, 0.2) is 0 Å². The molecule has 8 heteroatoms. The van der Waals surface area contributed by atoms with E-state index < -0.39 is 4.92 Å². The number of nitrogens with one attached hydrogen (secondary N) is 1. The van der Waals surface area contributed by atoms with Gasteiger partial charge in [0.2, 0.25) is 5.95 Å². The first-order valence-electron chi connectivity index (χ1n) is 5.79. The van der Waals surface area contributed by atoms with E-state index in [1.165, 1.54) is 0 Å². The van der Waals surface area contributed by atoms with Crippen molar-refractivity contribution in [1.29, 1.82) is 0 Å². The fraction of sp³-hybridized carbons (Fsp3) is 0.167. The number of nitro groups is 1. The Morgan fingerprint density at radius 2 is 2.20 bits per heavy atom. The summed E-state index contributed by atoms with van der Waals surface area (Å²) in [5, 5.41) is 13.9. The molecule has 2 rings (SSSR count). The highest BCUT2D eigenvalue weighted by Crippen LogP contribution is 2.31. The number of hydrogen-bond acceptors (Lipinski definition) is 6. The van der Waals surface area contributed by atoms with Crippen molar-refractivity contribution >= 4 is 34.2 Å². The van der Waals surface area contributed by atoms with Crippen molar-refractivity contribution in [2.45, 2.75) is 6.92 Å². The average Bonchev–Trinajstić information content (AvgIpc) is 2.42. The smallest absolute Gasteiger partial charge is 0.349 e. The van der Waals surface area contributed by atoms with E-state index in [-0.39, 0.29) is 11.6 Å². The predicted octanol–water partition coefficient (Wildman–Crippen LogP) is 3.21. The zero-order valence-electron chi connectivity index (χ0n) is 10.5. The topological polar surface area (TPSA) is 90.2 Å². The molecule has 1 aromatic carbocycles. The lowest BCUT2D eigenvalue weighted by atomic mass is 10.3. The minimum atomic E-state index is -0.569. The third kappa shape index (κ3) is 3.32. The maximum Gasteiger partial charge on any atom is 0.349 e. The Hall–Kier alpha value is -1.97. The van der Waals surface area contributed by atoms with Gasteiger partial charge in [0.25, 0.3) is 0 Å². The maximum absolute atomic E-state index is 11.0. The van der Waals surface area contributed by atoms with Crippen LogP contribution in [0.5, 0.6) is 11.6 Å². The van der Waals surface area contributed by atoms with Gasteiger partial charge in [0.1, 0.15) is 11.9 Å². The number of hydrogen-bond donors (Lipinski definition) is 1. The van der Waals surface area contributed by atoms with Crippen LogP contribution in [0.15, 0.2) is 30.5 Å². The lowest BCUT2D eigenvalue weighted by molar-refractivity contribution is -0.386. The molecule has 0 bridgehead atoms. The second kappa shape index (κ2) is 6.46. The summed E-state index contributed by atoms with van der Waals surface area (Å²) >= 11 is 2.09. The summed E-state index contributed by atoms with van der Waals surface area (Å²) in [6, 6.07) is 7.21. The first kappa shape index (κ1) is 14.4. The highest BCUT2D eigenvalue weighted by atomic mass is 127. The fourth-order valence-electron chi connectivity index (χ4n) is 1.44. The third-order valence-electron chi connectivity index (χ3n) is 2.31. The monoisotopic (exact) mass is 386 g/mol. The van der Waals surface area contributed by atoms with Crippen LogP contribution in [0.4, 0.5) is 11.6 Å². The van der Waals surface area contributed by atoms with Gasteiger partial charge in [0.05, 0.1) is 8.49 Å². The van der Waals surface area contributed by atoms with Crippen LogP contribution in [0.25, 0.3) is 0 Å². The maximum atomic E-state index is 11.0. The number of aromatic nitrogens is 2. The molecule has 1 N–H and O–H groups in total. The lowest BCUT2D eigenvalue weighted by Gasteiger charge is -2.08. The molecule has 0 atom stereocenters. The lowest BCUT2D eigenvalue weighted by Crippen LogP contribution is -2.05. The molecule has 0 fully saturated rings. The quantitative estimate of drug-likeness (QED) is 0.482. The van der Waals surface area contributed by atoms with Crippen LogP contribution in [0.3, 0.4) is 0 Å². The van der Waals surface area contributed by atoms with E-state index in [0.29, 0.717) is 18.2 Å². The van der Waals surface area contributed by atoms with Crippen molar-refractivity contribution in [3.8, 4) is 11.6 Å². The van der Waals surface area contributed by atoms with Crippen LogP contribution in [0.2, 0.25) is 0 Å². The minimum Gasteiger partial charge on any atom is -0.432 e. The summed E-state index contributed by atoms with van der Waals surface area (Å²) < 4.78 is 6.38. The molecule has 20 heavy (non-hydrogen) atoms. The number of halogens is 1. The Labute approximate surface area is 128 Å². The van der Waals surface area contributed by atoms with Gasteiger partial charge in [-0.2, -0.15) is 4.98 Å². The zero-order chi connectivity index (χ0) is 14.5. The van der Waals surface area contributed by atoms with Crippen molar-refractivity contribution < 1.29 is 9.66 Å². The highest BCUT2D eigenvalue weighted by molar-refractivity contribution is 14.1. The molecule has 0 aliphatic rings. The molecule has 0 spiro atoms. The van der Waals surface area contributed by atoms with E-state index >= 15 is 0 Å². The molecule has 0 radical (unpaired) electrons. The average molecular weight is 386 g/mol. The first-order valence-corrected chi connectivity index (χ1v) is 6.87. The molecule has 0 saturated heterocycles. The SMILES string of the molecule is CCNc1ncc([N+](=O)[O-])c(Oc2ccccc2I)n1. The molecule has 0 amide bonds. The van der Waals surface area contributed by atoms with Gasteiger partial charge in [-0.3, -0.25) is 10.1 Å². The largest absolute Gasteiger partial charge is 0.432 e. The van der Waals surface area contributed by atoms with Crippen molar-refractivity contribution in [2.24, 2.45) is 0 Å². The number of rotatable bonds is 5. The number of ether oxygens (including phenoxy) is 1. The first-order chi connectivity index (χ1) is 9.61. The van der Waals surface area contributed by atoms with Crippen LogP contribution >= 0.6 is 22.6 Å². The Morgan fingerprint density at radius 3 is 2.85 bits per heavy atom. The van der Waals surface area contributed by atoms with Crippen molar-refractivity contribution in [3.63, 3.8) is 0 Å². The van der Waals surface area contributed by atoms with Crippen LogP contribution in [-0.2, 0) is 0 Å². The second-order valence-corrected chi connectivity index (χ2v) is 4.87. The Balaban J connectivity index is 2.40. The third-order valence-corrected chi connectivity index (χ3v) is 3.20. The molecule has 0 aliphatic carbocycles. The summed E-state index contributed by atoms with van der Waals surface area (Å²) in [5.41, 5.74) is -0.272. The zero-order valence-corrected chi connectivity index (χ0v) is 12.7. The molecule has 104 valence electrons. The van der Waals surface area contributed by atoms with E-state index in [1.54, 1.807) is 12.1 Å². The van der Waals surface area contributed by atoms with Gasteiger partial charge in [-0.15, -0.1) is 0 Å². The Kier molecular flexibility index (Phi) is 4.66. The van der Waals surface area contributed by atoms with Crippen molar-refractivity contribution in [2.75, 3.05) is 11.9 Å². The number of anilines is 1. The van der Waals surface area contributed by atoms with Gasteiger partial charge < -0.3 is 10.1 Å². The fourth-order valence-corrected chi connectivity index (χ4v) is 1.93. The van der Waals surface area contributed by atoms with Crippen molar-refractivity contribution in [1.82, 2.24) is 9.97 Å². The molecular formula is C12H11IN4O3. The number of para-hydroxylation sites is 1. The summed E-state index contributed by atoms with van der Waals surface area (Å²) in [4.78, 5) is 18.3. The molecule has 0 aliphatic heterocycles. The highest BCUT2D eigenvalue weighted by Gasteiger charge is 2.20. The molecule has 1 heterocycles. The van der Waals surface area contributed by atoms with Crippen LogP contribution in [-0.4, -0.2) is 21.4 Å². The summed E-state index contributed by atoms with van der Waals surface area (Å²) in [5.74, 6) is 0.724. The van der Waals surface area contributed by atoms with E-state index in [1.807, 2.05) is 19.1 Å². The molecular weight excluding hydrogens is 375 g/mol. The van der Waals surface area contributed by atoms with E-state index in [9.17, 15) is 10.1 Å². The summed E-state index contributed by atoms with van der Waals surface area (Å²) in [6.07, 6.45) is 1.14. The predicted molar refractivity (Wildman–Crippen MR) is 82.1 cm³/mol. The standard InChI is InChI=1S/C12H11IN4O3/c1-2-14-12-15-7-9(17(18)19)11(16-12)20-10-6-4-3-5-8(10)13/h3-7H,2H2,1H3,(H,14,15,16). The summed E-state index contributed by atoms with van der Waals surface area (Å²) in [6.45, 7) is 2.49. The van der Waals surface area contributed by atoms with Crippen LogP contribution < -0.4 is 10.1 Å². The Morgan fingerprint density at radius 1 is 1.45 bits per heavy atom. The van der Waals surface area contributed by atoms with Crippen LogP contribution in [0, 0.1) is 13.7 Å². The molecule has 2 aromatic rings. The number of benzene rings is 1. The van der Waals surface area contributed by atoms with Gasteiger partial charge in [0, 0.05) is 6.54 Å².